The fourth-order valence-electron chi connectivity index (χ4n) is 1.40. The Morgan fingerprint density at radius 3 is 2.44 bits per heavy atom. The van der Waals surface area contributed by atoms with Gasteiger partial charge in [-0.05, 0) is 24.3 Å². The summed E-state index contributed by atoms with van der Waals surface area (Å²) in [7, 11) is 0. The average molecular weight is 282 g/mol. The van der Waals surface area contributed by atoms with E-state index in [-0.39, 0.29) is 11.4 Å². The number of nitrogens with zero attached hydrogens (tertiary/aromatic N) is 1. The standard InChI is InChI=1S/C12H9Cl2N3O/c13-7-3-1-4-8(14)10(7)17-12(18)11-9(15)5-2-6-16-11/h1-6H,15H2,(H,17,18). The molecule has 3 N–H and O–H groups in total. The van der Waals surface area contributed by atoms with E-state index in [1.54, 1.807) is 30.3 Å². The number of pyridine rings is 1. The van der Waals surface area contributed by atoms with E-state index in [4.69, 9.17) is 28.9 Å². The minimum absolute atomic E-state index is 0.133. The summed E-state index contributed by atoms with van der Waals surface area (Å²) in [4.78, 5) is 15.9. The molecule has 0 radical (unpaired) electrons. The summed E-state index contributed by atoms with van der Waals surface area (Å²) in [6.07, 6.45) is 1.49. The van der Waals surface area contributed by atoms with Crippen LogP contribution in [-0.4, -0.2) is 10.9 Å². The molecule has 0 aliphatic rings. The highest BCUT2D eigenvalue weighted by Gasteiger charge is 2.14. The molecule has 0 aliphatic carbocycles. The van der Waals surface area contributed by atoms with Crippen molar-refractivity contribution in [2.45, 2.75) is 0 Å². The van der Waals surface area contributed by atoms with Crippen molar-refractivity contribution in [2.75, 3.05) is 11.1 Å². The molecular weight excluding hydrogens is 273 g/mol. The maximum atomic E-state index is 12.0. The minimum atomic E-state index is -0.455. The highest BCUT2D eigenvalue weighted by molar-refractivity contribution is 6.40. The zero-order valence-electron chi connectivity index (χ0n) is 9.15. The van der Waals surface area contributed by atoms with E-state index in [1.165, 1.54) is 6.20 Å². The third kappa shape index (κ3) is 2.55. The Kier molecular flexibility index (Phi) is 3.69. The van der Waals surface area contributed by atoms with E-state index in [0.29, 0.717) is 15.7 Å². The molecule has 1 aromatic carbocycles. The first-order valence-electron chi connectivity index (χ1n) is 5.05. The van der Waals surface area contributed by atoms with E-state index >= 15 is 0 Å². The summed E-state index contributed by atoms with van der Waals surface area (Å²) in [5.74, 6) is -0.455. The number of benzene rings is 1. The van der Waals surface area contributed by atoms with Crippen molar-refractivity contribution < 1.29 is 4.79 Å². The van der Waals surface area contributed by atoms with Gasteiger partial charge in [-0.3, -0.25) is 4.79 Å². The number of aromatic nitrogens is 1. The number of rotatable bonds is 2. The summed E-state index contributed by atoms with van der Waals surface area (Å²) in [5.41, 5.74) is 6.43. The number of nitrogens with one attached hydrogen (secondary N) is 1. The summed E-state index contributed by atoms with van der Waals surface area (Å²) >= 11 is 11.9. The fraction of sp³-hybridized carbons (Fsp3) is 0. The van der Waals surface area contributed by atoms with Gasteiger partial charge in [-0.15, -0.1) is 0 Å². The summed E-state index contributed by atoms with van der Waals surface area (Å²) in [6.45, 7) is 0. The lowest BCUT2D eigenvalue weighted by Crippen LogP contribution is -2.16. The van der Waals surface area contributed by atoms with Crippen molar-refractivity contribution >= 4 is 40.5 Å². The second kappa shape index (κ2) is 5.25. The number of halogens is 2. The van der Waals surface area contributed by atoms with E-state index < -0.39 is 5.91 Å². The smallest absolute Gasteiger partial charge is 0.276 e. The van der Waals surface area contributed by atoms with Gasteiger partial charge < -0.3 is 11.1 Å². The van der Waals surface area contributed by atoms with Gasteiger partial charge in [-0.1, -0.05) is 29.3 Å². The Hall–Kier alpha value is -1.78. The van der Waals surface area contributed by atoms with E-state index in [0.717, 1.165) is 0 Å². The zero-order chi connectivity index (χ0) is 13.1. The van der Waals surface area contributed by atoms with Crippen LogP contribution in [0.2, 0.25) is 10.0 Å². The Labute approximate surface area is 114 Å². The summed E-state index contributed by atoms with van der Waals surface area (Å²) in [6, 6.07) is 8.19. The van der Waals surface area contributed by atoms with Crippen molar-refractivity contribution in [1.82, 2.24) is 4.98 Å². The lowest BCUT2D eigenvalue weighted by Gasteiger charge is -2.09. The average Bonchev–Trinajstić information content (AvgIpc) is 2.34. The van der Waals surface area contributed by atoms with Crippen molar-refractivity contribution in [2.24, 2.45) is 0 Å². The maximum Gasteiger partial charge on any atom is 0.276 e. The van der Waals surface area contributed by atoms with Crippen LogP contribution in [0, 0.1) is 0 Å². The topological polar surface area (TPSA) is 68.0 Å². The number of nitrogen functional groups attached to an aromatic ring is 1. The summed E-state index contributed by atoms with van der Waals surface area (Å²) in [5, 5.41) is 3.29. The van der Waals surface area contributed by atoms with Gasteiger partial charge in [0.2, 0.25) is 0 Å². The normalized spacial score (nSPS) is 10.1. The molecule has 0 unspecified atom stereocenters. The first-order chi connectivity index (χ1) is 8.59. The van der Waals surface area contributed by atoms with Gasteiger partial charge in [0, 0.05) is 6.20 Å². The van der Waals surface area contributed by atoms with Crippen molar-refractivity contribution in [3.63, 3.8) is 0 Å². The molecule has 0 spiro atoms. The summed E-state index contributed by atoms with van der Waals surface area (Å²) < 4.78 is 0. The van der Waals surface area contributed by atoms with E-state index in [9.17, 15) is 4.79 Å². The van der Waals surface area contributed by atoms with Crippen LogP contribution < -0.4 is 11.1 Å². The van der Waals surface area contributed by atoms with Crippen LogP contribution in [-0.2, 0) is 0 Å². The number of carbonyl (C=O) groups is 1. The van der Waals surface area contributed by atoms with Gasteiger partial charge >= 0.3 is 0 Å². The van der Waals surface area contributed by atoms with Gasteiger partial charge in [0.05, 0.1) is 21.4 Å². The first-order valence-corrected chi connectivity index (χ1v) is 5.81. The van der Waals surface area contributed by atoms with Crippen LogP contribution >= 0.6 is 23.2 Å². The number of hydrogen-bond donors (Lipinski definition) is 2. The predicted molar refractivity (Wildman–Crippen MR) is 73.1 cm³/mol. The molecular formula is C12H9Cl2N3O. The van der Waals surface area contributed by atoms with Crippen LogP contribution in [0.5, 0.6) is 0 Å². The van der Waals surface area contributed by atoms with Gasteiger partial charge in [-0.25, -0.2) is 4.98 Å². The van der Waals surface area contributed by atoms with Gasteiger partial charge in [0.15, 0.2) is 5.69 Å². The molecule has 0 fully saturated rings. The van der Waals surface area contributed by atoms with Crippen LogP contribution in [0.3, 0.4) is 0 Å². The molecule has 0 saturated carbocycles. The number of nitrogens with two attached hydrogens (primary N) is 1. The van der Waals surface area contributed by atoms with Crippen LogP contribution in [0.1, 0.15) is 10.5 Å². The number of carbonyl (C=O) groups excluding carboxylic acids is 1. The van der Waals surface area contributed by atoms with Crippen LogP contribution in [0.25, 0.3) is 0 Å². The molecule has 2 aromatic rings. The number of amides is 1. The number of anilines is 2. The zero-order valence-corrected chi connectivity index (χ0v) is 10.7. The third-order valence-corrected chi connectivity index (χ3v) is 2.89. The Bertz CT molecular complexity index is 581. The monoisotopic (exact) mass is 281 g/mol. The second-order valence-electron chi connectivity index (χ2n) is 3.49. The number of para-hydroxylation sites is 1. The lowest BCUT2D eigenvalue weighted by molar-refractivity contribution is 0.102. The van der Waals surface area contributed by atoms with Crippen LogP contribution in [0.4, 0.5) is 11.4 Å². The fourth-order valence-corrected chi connectivity index (χ4v) is 1.89. The highest BCUT2D eigenvalue weighted by atomic mass is 35.5. The first kappa shape index (κ1) is 12.7. The van der Waals surface area contributed by atoms with Gasteiger partial charge in [-0.2, -0.15) is 0 Å². The van der Waals surface area contributed by atoms with E-state index in [2.05, 4.69) is 10.3 Å². The molecule has 6 heteroatoms. The van der Waals surface area contributed by atoms with Crippen LogP contribution in [0.15, 0.2) is 36.5 Å². The number of hydrogen-bond acceptors (Lipinski definition) is 3. The Morgan fingerprint density at radius 2 is 1.83 bits per heavy atom. The molecule has 1 amide bonds. The molecule has 92 valence electrons. The van der Waals surface area contributed by atoms with Gasteiger partial charge in [0.1, 0.15) is 0 Å². The SMILES string of the molecule is Nc1cccnc1C(=O)Nc1c(Cl)cccc1Cl. The molecule has 18 heavy (non-hydrogen) atoms. The van der Waals surface area contributed by atoms with Crippen molar-refractivity contribution in [3.8, 4) is 0 Å². The highest BCUT2D eigenvalue weighted by Crippen LogP contribution is 2.30. The Morgan fingerprint density at radius 1 is 1.17 bits per heavy atom. The molecule has 1 heterocycles. The predicted octanol–water partition coefficient (Wildman–Crippen LogP) is 3.22. The maximum absolute atomic E-state index is 12.0. The quantitative estimate of drug-likeness (QED) is 0.888. The van der Waals surface area contributed by atoms with Crippen molar-refractivity contribution in [3.05, 3.63) is 52.3 Å². The van der Waals surface area contributed by atoms with E-state index in [1.807, 2.05) is 0 Å². The lowest BCUT2D eigenvalue weighted by atomic mass is 10.2. The molecule has 4 nitrogen and oxygen atoms in total. The minimum Gasteiger partial charge on any atom is -0.397 e. The molecule has 2 rings (SSSR count). The molecule has 0 atom stereocenters. The molecule has 1 aromatic heterocycles. The third-order valence-electron chi connectivity index (χ3n) is 2.26. The molecule has 0 aliphatic heterocycles. The van der Waals surface area contributed by atoms with Gasteiger partial charge in [0.25, 0.3) is 5.91 Å². The molecule has 0 bridgehead atoms. The van der Waals surface area contributed by atoms with Crippen molar-refractivity contribution in [1.29, 1.82) is 0 Å². The molecule has 0 saturated heterocycles. The Balaban J connectivity index is 2.30. The largest absolute Gasteiger partial charge is 0.397 e. The second-order valence-corrected chi connectivity index (χ2v) is 4.31.